The lowest BCUT2D eigenvalue weighted by atomic mass is 10.2. The third-order valence-corrected chi connectivity index (χ3v) is 6.32. The minimum absolute atomic E-state index is 0.109. The maximum atomic E-state index is 12.5. The number of amides is 1. The van der Waals surface area contributed by atoms with Crippen molar-refractivity contribution in [3.63, 3.8) is 0 Å². The number of aryl methyl sites for hydroxylation is 1. The first-order valence-corrected chi connectivity index (χ1v) is 10.8. The molecule has 0 aliphatic rings. The highest BCUT2D eigenvalue weighted by Gasteiger charge is 2.19. The fourth-order valence-electron chi connectivity index (χ4n) is 2.36. The van der Waals surface area contributed by atoms with Gasteiger partial charge in [0.25, 0.3) is 0 Å². The van der Waals surface area contributed by atoms with E-state index in [-0.39, 0.29) is 17.2 Å². The molecule has 0 aliphatic carbocycles. The predicted octanol–water partition coefficient (Wildman–Crippen LogP) is 5.14. The molecule has 3 rings (SSSR count). The summed E-state index contributed by atoms with van der Waals surface area (Å²) in [5.41, 5.74) is 1.86. The van der Waals surface area contributed by atoms with Crippen molar-refractivity contribution in [2.75, 3.05) is 10.6 Å². The Hall–Kier alpha value is -2.10. The molecule has 0 bridgehead atoms. The van der Waals surface area contributed by atoms with Crippen LogP contribution in [0, 0.1) is 6.92 Å². The molecule has 10 heteroatoms. The Bertz CT molecular complexity index is 971. The zero-order chi connectivity index (χ0) is 20.3. The van der Waals surface area contributed by atoms with E-state index in [1.165, 1.54) is 23.1 Å². The van der Waals surface area contributed by atoms with Crippen LogP contribution in [0.5, 0.6) is 0 Å². The van der Waals surface area contributed by atoms with Crippen molar-refractivity contribution in [2.24, 2.45) is 0 Å². The van der Waals surface area contributed by atoms with Crippen LogP contribution in [0.1, 0.15) is 32.4 Å². The molecule has 148 valence electrons. The number of hydrogen-bond acceptors (Lipinski definition) is 7. The van der Waals surface area contributed by atoms with Crippen molar-refractivity contribution in [1.82, 2.24) is 20.0 Å². The third-order valence-electron chi connectivity index (χ3n) is 3.89. The zero-order valence-corrected chi connectivity index (χ0v) is 18.3. The van der Waals surface area contributed by atoms with Crippen LogP contribution in [0.25, 0.3) is 0 Å². The fourth-order valence-corrected chi connectivity index (χ4v) is 4.46. The third kappa shape index (κ3) is 5.03. The van der Waals surface area contributed by atoms with Crippen LogP contribution in [-0.2, 0) is 4.79 Å². The van der Waals surface area contributed by atoms with Crippen LogP contribution in [-0.4, -0.2) is 31.1 Å². The highest BCUT2D eigenvalue weighted by atomic mass is 35.5. The summed E-state index contributed by atoms with van der Waals surface area (Å²) in [5, 5.41) is 19.6. The van der Waals surface area contributed by atoms with Gasteiger partial charge in [0.1, 0.15) is 5.82 Å². The van der Waals surface area contributed by atoms with Crippen molar-refractivity contribution < 1.29 is 4.79 Å². The molecule has 2 N–H and O–H groups in total. The Kier molecular flexibility index (Phi) is 6.58. The largest absolute Gasteiger partial charge is 0.330 e. The van der Waals surface area contributed by atoms with Gasteiger partial charge in [-0.15, -0.1) is 10.2 Å². The summed E-state index contributed by atoms with van der Waals surface area (Å²) in [4.78, 5) is 12.5. The summed E-state index contributed by atoms with van der Waals surface area (Å²) in [6, 6.07) is 7.67. The second-order valence-electron chi connectivity index (χ2n) is 6.47. The topological polar surface area (TPSA) is 84.7 Å². The monoisotopic (exact) mass is 436 g/mol. The maximum absolute atomic E-state index is 12.5. The van der Waals surface area contributed by atoms with Gasteiger partial charge in [0.05, 0.1) is 11.4 Å². The van der Waals surface area contributed by atoms with Gasteiger partial charge in [-0.2, -0.15) is 5.10 Å². The van der Waals surface area contributed by atoms with E-state index in [2.05, 4.69) is 25.9 Å². The molecule has 1 amide bonds. The Morgan fingerprint density at radius 2 is 2.04 bits per heavy atom. The lowest BCUT2D eigenvalue weighted by Crippen LogP contribution is -2.24. The summed E-state index contributed by atoms with van der Waals surface area (Å²) < 4.78 is 2.48. The number of benzene rings is 1. The van der Waals surface area contributed by atoms with E-state index >= 15 is 0 Å². The number of carbonyl (C=O) groups is 1. The van der Waals surface area contributed by atoms with Gasteiger partial charge in [0.15, 0.2) is 4.34 Å². The van der Waals surface area contributed by atoms with Crippen molar-refractivity contribution in [2.45, 2.75) is 43.3 Å². The molecule has 0 fully saturated rings. The number of hydrogen-bond donors (Lipinski definition) is 2. The Labute approximate surface area is 176 Å². The van der Waals surface area contributed by atoms with Gasteiger partial charge in [-0.25, -0.2) is 4.68 Å². The van der Waals surface area contributed by atoms with Gasteiger partial charge >= 0.3 is 0 Å². The number of thioether (sulfide) groups is 1. The van der Waals surface area contributed by atoms with Gasteiger partial charge in [-0.3, -0.25) is 4.79 Å². The fraction of sp³-hybridized carbons (Fsp3) is 0.333. The number of nitrogens with one attached hydrogen (secondary N) is 2. The molecule has 1 unspecified atom stereocenters. The van der Waals surface area contributed by atoms with E-state index in [9.17, 15) is 4.79 Å². The Balaban J connectivity index is 1.60. The first kappa shape index (κ1) is 20.6. The van der Waals surface area contributed by atoms with E-state index in [0.717, 1.165) is 11.3 Å². The van der Waals surface area contributed by atoms with Crippen LogP contribution >= 0.6 is 34.7 Å². The van der Waals surface area contributed by atoms with Gasteiger partial charge in [0.2, 0.25) is 11.0 Å². The zero-order valence-electron chi connectivity index (χ0n) is 15.9. The number of nitrogens with zero attached hydrogens (tertiary/aromatic N) is 4. The lowest BCUT2D eigenvalue weighted by molar-refractivity contribution is -0.115. The Morgan fingerprint density at radius 1 is 1.25 bits per heavy atom. The molecule has 0 spiro atoms. The second-order valence-corrected chi connectivity index (χ2v) is 9.44. The molecule has 7 nitrogen and oxygen atoms in total. The van der Waals surface area contributed by atoms with E-state index in [1.807, 2.05) is 45.9 Å². The van der Waals surface area contributed by atoms with Gasteiger partial charge < -0.3 is 10.6 Å². The average Bonchev–Trinajstić information content (AvgIpc) is 3.27. The first-order valence-electron chi connectivity index (χ1n) is 8.71. The van der Waals surface area contributed by atoms with Gasteiger partial charge in [0, 0.05) is 22.8 Å². The SMILES string of the molecule is Cc1ccc(Nc2nnc(SC(C)C(=O)Nc3ccnn3C(C)C)s2)cc1Cl. The van der Waals surface area contributed by atoms with E-state index in [1.54, 1.807) is 16.9 Å². The molecule has 2 heterocycles. The molecule has 0 saturated heterocycles. The van der Waals surface area contributed by atoms with E-state index in [4.69, 9.17) is 11.6 Å². The number of carbonyl (C=O) groups excluding carboxylic acids is 1. The van der Waals surface area contributed by atoms with Crippen LogP contribution < -0.4 is 10.6 Å². The highest BCUT2D eigenvalue weighted by Crippen LogP contribution is 2.31. The number of halogens is 1. The summed E-state index contributed by atoms with van der Waals surface area (Å²) in [6.45, 7) is 7.81. The molecule has 28 heavy (non-hydrogen) atoms. The summed E-state index contributed by atoms with van der Waals surface area (Å²) >= 11 is 8.90. The van der Waals surface area contributed by atoms with Crippen LogP contribution in [0.2, 0.25) is 5.02 Å². The minimum Gasteiger partial charge on any atom is -0.330 e. The van der Waals surface area contributed by atoms with Crippen molar-refractivity contribution in [3.05, 3.63) is 41.0 Å². The highest BCUT2D eigenvalue weighted by molar-refractivity contribution is 8.02. The number of rotatable bonds is 7. The minimum atomic E-state index is -0.329. The second kappa shape index (κ2) is 8.93. The molecule has 1 atom stereocenters. The van der Waals surface area contributed by atoms with E-state index < -0.39 is 0 Å². The van der Waals surface area contributed by atoms with Crippen LogP contribution in [0.15, 0.2) is 34.8 Å². The quantitative estimate of drug-likeness (QED) is 0.499. The van der Waals surface area contributed by atoms with Gasteiger partial charge in [-0.05, 0) is 45.4 Å². The van der Waals surface area contributed by atoms with E-state index in [0.29, 0.717) is 20.3 Å². The molecular formula is C18H21ClN6OS2. The standard InChI is InChI=1S/C18H21ClN6OS2/c1-10(2)25-15(7-8-20-25)22-16(26)12(4)27-18-24-23-17(28-18)21-13-6-5-11(3)14(19)9-13/h5-10,12H,1-4H3,(H,21,23)(H,22,26). The molecule has 1 aromatic carbocycles. The normalized spacial score (nSPS) is 12.2. The summed E-state index contributed by atoms with van der Waals surface area (Å²) in [6.07, 6.45) is 1.67. The molecular weight excluding hydrogens is 416 g/mol. The van der Waals surface area contributed by atoms with Gasteiger partial charge in [-0.1, -0.05) is 40.8 Å². The van der Waals surface area contributed by atoms with Crippen LogP contribution in [0.4, 0.5) is 16.6 Å². The maximum Gasteiger partial charge on any atom is 0.238 e. The number of anilines is 3. The van der Waals surface area contributed by atoms with Crippen molar-refractivity contribution >= 4 is 57.2 Å². The predicted molar refractivity (Wildman–Crippen MR) is 116 cm³/mol. The lowest BCUT2D eigenvalue weighted by Gasteiger charge is -2.14. The van der Waals surface area contributed by atoms with Crippen molar-refractivity contribution in [3.8, 4) is 0 Å². The first-order chi connectivity index (χ1) is 13.3. The smallest absolute Gasteiger partial charge is 0.238 e. The Morgan fingerprint density at radius 3 is 2.75 bits per heavy atom. The van der Waals surface area contributed by atoms with Crippen molar-refractivity contribution in [1.29, 1.82) is 0 Å². The molecule has 0 aliphatic heterocycles. The van der Waals surface area contributed by atoms with Crippen LogP contribution in [0.3, 0.4) is 0 Å². The molecule has 0 radical (unpaired) electrons. The number of aromatic nitrogens is 4. The average molecular weight is 437 g/mol. The molecule has 3 aromatic rings. The summed E-state index contributed by atoms with van der Waals surface area (Å²) in [5.74, 6) is 0.575. The summed E-state index contributed by atoms with van der Waals surface area (Å²) in [7, 11) is 0. The molecule has 0 saturated carbocycles. The molecule has 2 aromatic heterocycles.